The zero-order valence-corrected chi connectivity index (χ0v) is 8.37. The Labute approximate surface area is 91.8 Å². The van der Waals surface area contributed by atoms with Crippen molar-refractivity contribution in [3.05, 3.63) is 53.9 Å². The van der Waals surface area contributed by atoms with Crippen molar-refractivity contribution in [2.75, 3.05) is 0 Å². The molecule has 5 nitrogen and oxygen atoms in total. The van der Waals surface area contributed by atoms with Gasteiger partial charge < -0.3 is 5.11 Å². The van der Waals surface area contributed by atoms with Crippen molar-refractivity contribution in [1.29, 1.82) is 0 Å². The molecule has 0 saturated carbocycles. The highest BCUT2D eigenvalue weighted by atomic mass is 16.4. The van der Waals surface area contributed by atoms with Crippen molar-refractivity contribution >= 4 is 5.97 Å². The van der Waals surface area contributed by atoms with Crippen LogP contribution in [-0.2, 0) is 6.42 Å². The van der Waals surface area contributed by atoms with Crippen molar-refractivity contribution < 1.29 is 9.90 Å². The maximum atomic E-state index is 10.7. The summed E-state index contributed by atoms with van der Waals surface area (Å²) in [7, 11) is 0. The Morgan fingerprint density at radius 1 is 1.19 bits per heavy atom. The van der Waals surface area contributed by atoms with Crippen LogP contribution in [0, 0.1) is 0 Å². The third-order valence-corrected chi connectivity index (χ3v) is 2.02. The quantitative estimate of drug-likeness (QED) is 0.831. The van der Waals surface area contributed by atoms with Crippen LogP contribution in [0.1, 0.15) is 22.0 Å². The van der Waals surface area contributed by atoms with E-state index in [1.54, 1.807) is 0 Å². The molecule has 1 N–H and O–H groups in total. The van der Waals surface area contributed by atoms with E-state index < -0.39 is 5.97 Å². The Balaban J connectivity index is 2.22. The molecule has 0 spiro atoms. The highest BCUT2D eigenvalue weighted by molar-refractivity contribution is 5.82. The number of carbonyl (C=O) groups is 1. The first-order chi connectivity index (χ1) is 7.75. The molecule has 0 aliphatic heterocycles. The molecular formula is C11H9N3O2. The van der Waals surface area contributed by atoms with E-state index in [9.17, 15) is 4.79 Å². The summed E-state index contributed by atoms with van der Waals surface area (Å²) in [5, 5.41) is 8.72. The number of carboxylic acid groups (broad SMARTS) is 1. The monoisotopic (exact) mass is 215 g/mol. The molecule has 0 unspecified atom stereocenters. The number of hydrogen-bond acceptors (Lipinski definition) is 4. The van der Waals surface area contributed by atoms with Crippen LogP contribution >= 0.6 is 0 Å². The van der Waals surface area contributed by atoms with Gasteiger partial charge in [-0.15, -0.1) is 0 Å². The molecule has 0 radical (unpaired) electrons. The number of rotatable bonds is 3. The summed E-state index contributed by atoms with van der Waals surface area (Å²) in [4.78, 5) is 22.0. The third kappa shape index (κ3) is 2.38. The van der Waals surface area contributed by atoms with Crippen molar-refractivity contribution in [3.63, 3.8) is 0 Å². The van der Waals surface area contributed by atoms with Gasteiger partial charge in [0.15, 0.2) is 0 Å². The second-order valence-electron chi connectivity index (χ2n) is 3.19. The van der Waals surface area contributed by atoms with Gasteiger partial charge in [0.2, 0.25) is 5.82 Å². The van der Waals surface area contributed by atoms with Crippen LogP contribution in [0.4, 0.5) is 0 Å². The molecule has 0 aliphatic rings. The number of nitrogens with zero attached hydrogens (tertiary/aromatic N) is 3. The van der Waals surface area contributed by atoms with Gasteiger partial charge in [-0.05, 0) is 5.56 Å². The Morgan fingerprint density at radius 2 is 1.94 bits per heavy atom. The summed E-state index contributed by atoms with van der Waals surface area (Å²) in [6, 6.07) is 9.61. The van der Waals surface area contributed by atoms with E-state index in [0.29, 0.717) is 12.2 Å². The maximum Gasteiger partial charge on any atom is 0.374 e. The van der Waals surface area contributed by atoms with Crippen molar-refractivity contribution in [3.8, 4) is 0 Å². The largest absolute Gasteiger partial charge is 0.475 e. The van der Waals surface area contributed by atoms with E-state index in [4.69, 9.17) is 5.11 Å². The maximum absolute atomic E-state index is 10.7. The lowest BCUT2D eigenvalue weighted by molar-refractivity contribution is 0.0682. The fourth-order valence-electron chi connectivity index (χ4n) is 1.30. The minimum absolute atomic E-state index is 0.221. The molecule has 2 rings (SSSR count). The fourth-order valence-corrected chi connectivity index (χ4v) is 1.30. The van der Waals surface area contributed by atoms with Crippen LogP contribution in [-0.4, -0.2) is 26.0 Å². The van der Waals surface area contributed by atoms with Crippen LogP contribution < -0.4 is 0 Å². The molecule has 0 atom stereocenters. The number of aromatic carboxylic acids is 1. The van der Waals surface area contributed by atoms with Gasteiger partial charge in [-0.2, -0.15) is 0 Å². The van der Waals surface area contributed by atoms with Crippen LogP contribution in [0.5, 0.6) is 0 Å². The molecule has 1 aromatic heterocycles. The van der Waals surface area contributed by atoms with E-state index >= 15 is 0 Å². The van der Waals surface area contributed by atoms with Gasteiger partial charge in [-0.3, -0.25) is 0 Å². The molecule has 80 valence electrons. The molecular weight excluding hydrogens is 206 g/mol. The minimum Gasteiger partial charge on any atom is -0.475 e. The Morgan fingerprint density at radius 3 is 2.62 bits per heavy atom. The SMILES string of the molecule is O=C(O)c1ncnc(Cc2ccccc2)n1. The van der Waals surface area contributed by atoms with Crippen molar-refractivity contribution in [2.24, 2.45) is 0 Å². The fraction of sp³-hybridized carbons (Fsp3) is 0.0909. The van der Waals surface area contributed by atoms with E-state index in [2.05, 4.69) is 15.0 Å². The summed E-state index contributed by atoms with van der Waals surface area (Å²) >= 11 is 0. The average molecular weight is 215 g/mol. The van der Waals surface area contributed by atoms with Crippen LogP contribution in [0.3, 0.4) is 0 Å². The Bertz CT molecular complexity index is 500. The molecule has 0 aliphatic carbocycles. The summed E-state index contributed by atoms with van der Waals surface area (Å²) in [5.41, 5.74) is 1.03. The lowest BCUT2D eigenvalue weighted by atomic mass is 10.1. The number of aromatic nitrogens is 3. The topological polar surface area (TPSA) is 76.0 Å². The third-order valence-electron chi connectivity index (χ3n) is 2.02. The van der Waals surface area contributed by atoms with Crippen LogP contribution in [0.25, 0.3) is 0 Å². The average Bonchev–Trinajstić information content (AvgIpc) is 2.30. The Kier molecular flexibility index (Phi) is 2.86. The van der Waals surface area contributed by atoms with Gasteiger partial charge in [0, 0.05) is 6.42 Å². The van der Waals surface area contributed by atoms with Crippen molar-refractivity contribution in [2.45, 2.75) is 6.42 Å². The van der Waals surface area contributed by atoms with Gasteiger partial charge in [0.1, 0.15) is 12.2 Å². The predicted molar refractivity (Wildman–Crippen MR) is 56.0 cm³/mol. The lowest BCUT2D eigenvalue weighted by Crippen LogP contribution is -2.08. The summed E-state index contributed by atoms with van der Waals surface area (Å²) in [5.74, 6) is -0.906. The van der Waals surface area contributed by atoms with Gasteiger partial charge in [-0.25, -0.2) is 19.7 Å². The number of carboxylic acids is 1. The molecule has 0 bridgehead atoms. The lowest BCUT2D eigenvalue weighted by Gasteiger charge is -2.00. The first-order valence-corrected chi connectivity index (χ1v) is 4.71. The molecule has 16 heavy (non-hydrogen) atoms. The minimum atomic E-state index is -1.14. The van der Waals surface area contributed by atoms with Crippen molar-refractivity contribution in [1.82, 2.24) is 15.0 Å². The van der Waals surface area contributed by atoms with E-state index in [1.165, 1.54) is 6.33 Å². The van der Waals surface area contributed by atoms with E-state index in [-0.39, 0.29) is 5.82 Å². The smallest absolute Gasteiger partial charge is 0.374 e. The Hall–Kier alpha value is -2.30. The summed E-state index contributed by atoms with van der Waals surface area (Å²) < 4.78 is 0. The molecule has 0 fully saturated rings. The predicted octanol–water partition coefficient (Wildman–Crippen LogP) is 1.16. The number of hydrogen-bond donors (Lipinski definition) is 1. The molecule has 5 heteroatoms. The highest BCUT2D eigenvalue weighted by Crippen LogP contribution is 2.04. The highest BCUT2D eigenvalue weighted by Gasteiger charge is 2.08. The molecule has 2 aromatic rings. The van der Waals surface area contributed by atoms with Gasteiger partial charge in [-0.1, -0.05) is 30.3 Å². The van der Waals surface area contributed by atoms with Gasteiger partial charge >= 0.3 is 5.97 Å². The van der Waals surface area contributed by atoms with Gasteiger partial charge in [0.05, 0.1) is 0 Å². The van der Waals surface area contributed by atoms with E-state index in [1.807, 2.05) is 30.3 Å². The molecule has 1 heterocycles. The standard InChI is InChI=1S/C11H9N3O2/c15-11(16)10-13-7-12-9(14-10)6-8-4-2-1-3-5-8/h1-5,7H,6H2,(H,15,16). The van der Waals surface area contributed by atoms with Gasteiger partial charge in [0.25, 0.3) is 0 Å². The normalized spacial score (nSPS) is 10.0. The van der Waals surface area contributed by atoms with E-state index in [0.717, 1.165) is 5.56 Å². The second kappa shape index (κ2) is 4.48. The zero-order chi connectivity index (χ0) is 11.4. The van der Waals surface area contributed by atoms with Crippen LogP contribution in [0.15, 0.2) is 36.7 Å². The molecule has 0 saturated heterocycles. The summed E-state index contributed by atoms with van der Waals surface area (Å²) in [6.45, 7) is 0. The van der Waals surface area contributed by atoms with Crippen LogP contribution in [0.2, 0.25) is 0 Å². The number of benzene rings is 1. The first-order valence-electron chi connectivity index (χ1n) is 4.71. The molecule has 0 amide bonds. The summed E-state index contributed by atoms with van der Waals surface area (Å²) in [6.07, 6.45) is 1.72. The zero-order valence-electron chi connectivity index (χ0n) is 8.37. The first kappa shape index (κ1) is 10.2. The molecule has 1 aromatic carbocycles. The second-order valence-corrected chi connectivity index (χ2v) is 3.19.